The van der Waals surface area contributed by atoms with Crippen molar-refractivity contribution in [3.8, 4) is 6.07 Å². The molecule has 0 heterocycles. The summed E-state index contributed by atoms with van der Waals surface area (Å²) < 4.78 is 5.10. The topological polar surface area (TPSA) is 88.1 Å². The minimum atomic E-state index is -0.393. The molecule has 1 unspecified atom stereocenters. The molecule has 0 aliphatic rings. The zero-order valence-electron chi connectivity index (χ0n) is 8.67. The number of nitriles is 1. The number of nitrogens with two attached hydrogens (primary N) is 1. The van der Waals surface area contributed by atoms with Crippen molar-refractivity contribution in [3.05, 3.63) is 0 Å². The van der Waals surface area contributed by atoms with Crippen LogP contribution >= 0.6 is 0 Å². The lowest BCUT2D eigenvalue weighted by atomic mass is 10.0. The summed E-state index contributed by atoms with van der Waals surface area (Å²) in [7, 11) is 0. The first kappa shape index (κ1) is 12.9. The van der Waals surface area contributed by atoms with Gasteiger partial charge in [0, 0.05) is 5.54 Å². The van der Waals surface area contributed by atoms with E-state index < -0.39 is 5.54 Å². The fourth-order valence-corrected chi connectivity index (χ4v) is 0.668. The Morgan fingerprint density at radius 2 is 2.36 bits per heavy atom. The molecule has 5 nitrogen and oxygen atoms in total. The van der Waals surface area contributed by atoms with Gasteiger partial charge in [0.25, 0.3) is 0 Å². The second-order valence-electron chi connectivity index (χ2n) is 3.44. The van der Waals surface area contributed by atoms with Gasteiger partial charge < -0.3 is 15.8 Å². The Morgan fingerprint density at radius 1 is 1.71 bits per heavy atom. The molecule has 3 N–H and O–H groups in total. The molecule has 14 heavy (non-hydrogen) atoms. The second-order valence-corrected chi connectivity index (χ2v) is 3.44. The molecule has 1 atom stereocenters. The van der Waals surface area contributed by atoms with Gasteiger partial charge in [0.05, 0.1) is 12.7 Å². The number of rotatable bonds is 6. The predicted molar refractivity (Wildman–Crippen MR) is 52.3 cm³/mol. The highest BCUT2D eigenvalue weighted by molar-refractivity contribution is 5.77. The molecule has 0 aliphatic heterocycles. The molecule has 80 valence electrons. The number of nitrogens with zero attached hydrogens (tertiary/aromatic N) is 1. The van der Waals surface area contributed by atoms with E-state index in [2.05, 4.69) is 5.32 Å². The van der Waals surface area contributed by atoms with Gasteiger partial charge in [0.1, 0.15) is 13.2 Å². The van der Waals surface area contributed by atoms with E-state index in [1.165, 1.54) is 0 Å². The zero-order valence-corrected chi connectivity index (χ0v) is 8.67. The summed E-state index contributed by atoms with van der Waals surface area (Å²) in [4.78, 5) is 10.9. The van der Waals surface area contributed by atoms with Crippen LogP contribution < -0.4 is 11.1 Å². The lowest BCUT2D eigenvalue weighted by Gasteiger charge is -2.21. The van der Waals surface area contributed by atoms with Crippen LogP contribution in [0, 0.1) is 11.3 Å². The summed E-state index contributed by atoms with van der Waals surface area (Å²) >= 11 is 0. The Labute approximate surface area is 84.2 Å². The Balaban J connectivity index is 3.55. The third kappa shape index (κ3) is 6.40. The van der Waals surface area contributed by atoms with Crippen LogP contribution in [0.3, 0.4) is 0 Å². The number of carbonyl (C=O) groups excluding carboxylic acids is 1. The van der Waals surface area contributed by atoms with Gasteiger partial charge in [-0.1, -0.05) is 6.92 Å². The van der Waals surface area contributed by atoms with E-state index >= 15 is 0 Å². The molecule has 0 rings (SSSR count). The predicted octanol–water partition coefficient (Wildman–Crippen LogP) is -0.230. The highest BCUT2D eigenvalue weighted by Crippen LogP contribution is 2.04. The average molecular weight is 199 g/mol. The van der Waals surface area contributed by atoms with Gasteiger partial charge in [-0.25, -0.2) is 0 Å². The Kier molecular flexibility index (Phi) is 5.84. The Hall–Kier alpha value is -1.12. The summed E-state index contributed by atoms with van der Waals surface area (Å²) in [5.41, 5.74) is 5.40. The fourth-order valence-electron chi connectivity index (χ4n) is 0.668. The molecule has 0 aliphatic carbocycles. The van der Waals surface area contributed by atoms with Crippen molar-refractivity contribution < 1.29 is 9.53 Å². The van der Waals surface area contributed by atoms with Gasteiger partial charge in [0.2, 0.25) is 5.91 Å². The molecule has 0 bridgehead atoms. The molecule has 1 amide bonds. The van der Waals surface area contributed by atoms with Crippen molar-refractivity contribution in [2.45, 2.75) is 25.8 Å². The van der Waals surface area contributed by atoms with E-state index in [0.29, 0.717) is 6.61 Å². The van der Waals surface area contributed by atoms with E-state index in [-0.39, 0.29) is 19.1 Å². The van der Waals surface area contributed by atoms with E-state index in [1.807, 2.05) is 13.8 Å². The first-order valence-corrected chi connectivity index (χ1v) is 4.52. The molecule has 0 aromatic rings. The number of hydrogen-bond donors (Lipinski definition) is 2. The lowest BCUT2D eigenvalue weighted by Crippen LogP contribution is -2.41. The van der Waals surface area contributed by atoms with E-state index in [9.17, 15) is 4.79 Å². The van der Waals surface area contributed by atoms with E-state index in [4.69, 9.17) is 15.7 Å². The maximum absolute atomic E-state index is 10.9. The number of amides is 1. The van der Waals surface area contributed by atoms with Crippen LogP contribution in [-0.4, -0.2) is 31.2 Å². The Bertz CT molecular complexity index is 221. The van der Waals surface area contributed by atoms with Crippen molar-refractivity contribution in [1.29, 1.82) is 5.26 Å². The van der Waals surface area contributed by atoms with Crippen LogP contribution in [-0.2, 0) is 9.53 Å². The van der Waals surface area contributed by atoms with Crippen LogP contribution in [0.2, 0.25) is 0 Å². The quantitative estimate of drug-likeness (QED) is 0.578. The van der Waals surface area contributed by atoms with E-state index in [1.54, 1.807) is 6.07 Å². The molecule has 0 saturated carbocycles. The summed E-state index contributed by atoms with van der Waals surface area (Å²) in [6.45, 7) is 4.12. The smallest absolute Gasteiger partial charge is 0.246 e. The van der Waals surface area contributed by atoms with Crippen LogP contribution in [0.4, 0.5) is 0 Å². The first-order chi connectivity index (χ1) is 6.52. The normalized spacial score (nSPS) is 14.1. The summed E-state index contributed by atoms with van der Waals surface area (Å²) in [6, 6.07) is 1.80. The second kappa shape index (κ2) is 6.35. The third-order valence-corrected chi connectivity index (χ3v) is 1.84. The maximum atomic E-state index is 10.9. The lowest BCUT2D eigenvalue weighted by molar-refractivity contribution is -0.125. The summed E-state index contributed by atoms with van der Waals surface area (Å²) in [5, 5.41) is 10.6. The summed E-state index contributed by atoms with van der Waals surface area (Å²) in [6.07, 6.45) is 0.785. The van der Waals surface area contributed by atoms with Crippen molar-refractivity contribution >= 4 is 5.91 Å². The molecule has 0 fully saturated rings. The Morgan fingerprint density at radius 3 is 2.86 bits per heavy atom. The van der Waals surface area contributed by atoms with Crippen LogP contribution in [0.15, 0.2) is 0 Å². The molecular weight excluding hydrogens is 182 g/mol. The van der Waals surface area contributed by atoms with Gasteiger partial charge in [-0.2, -0.15) is 5.26 Å². The van der Waals surface area contributed by atoms with Crippen molar-refractivity contribution in [3.63, 3.8) is 0 Å². The minimum absolute atomic E-state index is 0.00979. The summed E-state index contributed by atoms with van der Waals surface area (Å²) in [5.74, 6) is -0.293. The molecular formula is C9H17N3O2. The highest BCUT2D eigenvalue weighted by Gasteiger charge is 2.16. The molecule has 0 aromatic heterocycles. The number of carbonyl (C=O) groups is 1. The van der Waals surface area contributed by atoms with Crippen LogP contribution in [0.25, 0.3) is 0 Å². The van der Waals surface area contributed by atoms with Crippen LogP contribution in [0.1, 0.15) is 20.3 Å². The minimum Gasteiger partial charge on any atom is -0.370 e. The van der Waals surface area contributed by atoms with Gasteiger partial charge >= 0.3 is 0 Å². The SMILES string of the molecule is CCC(C)(N)COCC(=O)NCC#N. The number of nitrogens with one attached hydrogen (secondary N) is 1. The molecule has 0 aromatic carbocycles. The third-order valence-electron chi connectivity index (χ3n) is 1.84. The molecule has 0 radical (unpaired) electrons. The fraction of sp³-hybridized carbons (Fsp3) is 0.778. The van der Waals surface area contributed by atoms with E-state index in [0.717, 1.165) is 6.42 Å². The standard InChI is InChI=1S/C9H17N3O2/c1-3-9(2,11)7-14-6-8(13)12-5-4-10/h3,5-7,11H2,1-2H3,(H,12,13). The largest absolute Gasteiger partial charge is 0.370 e. The van der Waals surface area contributed by atoms with Crippen molar-refractivity contribution in [2.24, 2.45) is 5.73 Å². The first-order valence-electron chi connectivity index (χ1n) is 4.52. The average Bonchev–Trinajstić information content (AvgIpc) is 2.14. The van der Waals surface area contributed by atoms with Crippen LogP contribution in [0.5, 0.6) is 0 Å². The van der Waals surface area contributed by atoms with Gasteiger partial charge in [-0.15, -0.1) is 0 Å². The maximum Gasteiger partial charge on any atom is 0.246 e. The van der Waals surface area contributed by atoms with Gasteiger partial charge in [-0.05, 0) is 13.3 Å². The number of ether oxygens (including phenoxy) is 1. The van der Waals surface area contributed by atoms with Gasteiger partial charge in [-0.3, -0.25) is 4.79 Å². The highest BCUT2D eigenvalue weighted by atomic mass is 16.5. The van der Waals surface area contributed by atoms with Crippen molar-refractivity contribution in [1.82, 2.24) is 5.32 Å². The van der Waals surface area contributed by atoms with Crippen molar-refractivity contribution in [2.75, 3.05) is 19.8 Å². The molecule has 0 spiro atoms. The zero-order chi connectivity index (χ0) is 11.0. The molecule has 0 saturated heterocycles. The number of hydrogen-bond acceptors (Lipinski definition) is 4. The monoisotopic (exact) mass is 199 g/mol. The molecule has 5 heteroatoms. The van der Waals surface area contributed by atoms with Gasteiger partial charge in [0.15, 0.2) is 0 Å².